The van der Waals surface area contributed by atoms with Gasteiger partial charge < -0.3 is 15.1 Å². The second-order valence-electron chi connectivity index (χ2n) is 5.30. The number of aryl methyl sites for hydroxylation is 1. The summed E-state index contributed by atoms with van der Waals surface area (Å²) < 4.78 is 5.52. The van der Waals surface area contributed by atoms with Crippen LogP contribution in [0.15, 0.2) is 39.4 Å². The van der Waals surface area contributed by atoms with E-state index in [2.05, 4.69) is 32.5 Å². The van der Waals surface area contributed by atoms with Crippen LogP contribution in [0.2, 0.25) is 0 Å². The molecule has 6 nitrogen and oxygen atoms in total. The number of guanidine groups is 1. The molecule has 0 aliphatic rings. The van der Waals surface area contributed by atoms with Crippen LogP contribution < -0.4 is 10.6 Å². The molecule has 0 saturated heterocycles. The molecule has 0 amide bonds. The number of halogens is 1. The first kappa shape index (κ1) is 20.8. The third kappa shape index (κ3) is 5.78. The SMILES string of the molecule is CCc1cnc(CCNC(=NC)NCc2coc(-c3cccs3)n2)s1.I. The topological polar surface area (TPSA) is 75.3 Å². The van der Waals surface area contributed by atoms with E-state index in [1.165, 1.54) is 4.88 Å². The lowest BCUT2D eigenvalue weighted by molar-refractivity contribution is 0.573. The predicted molar refractivity (Wildman–Crippen MR) is 119 cm³/mol. The van der Waals surface area contributed by atoms with E-state index in [0.717, 1.165) is 40.9 Å². The number of oxazole rings is 1. The minimum Gasteiger partial charge on any atom is -0.443 e. The Labute approximate surface area is 178 Å². The minimum atomic E-state index is 0. The van der Waals surface area contributed by atoms with Gasteiger partial charge in [0.25, 0.3) is 0 Å². The molecule has 0 aliphatic heterocycles. The highest BCUT2D eigenvalue weighted by Gasteiger charge is 2.08. The summed E-state index contributed by atoms with van der Waals surface area (Å²) in [6.45, 7) is 3.50. The Morgan fingerprint density at radius 3 is 2.92 bits per heavy atom. The second-order valence-corrected chi connectivity index (χ2v) is 7.45. The van der Waals surface area contributed by atoms with Gasteiger partial charge in [-0.2, -0.15) is 0 Å². The Hall–Kier alpha value is -1.46. The van der Waals surface area contributed by atoms with Gasteiger partial charge >= 0.3 is 0 Å². The fraction of sp³-hybridized carbons (Fsp3) is 0.353. The van der Waals surface area contributed by atoms with Gasteiger partial charge in [0.05, 0.1) is 22.1 Å². The van der Waals surface area contributed by atoms with E-state index < -0.39 is 0 Å². The molecule has 0 aliphatic carbocycles. The maximum Gasteiger partial charge on any atom is 0.236 e. The van der Waals surface area contributed by atoms with Gasteiger partial charge in [-0.25, -0.2) is 9.97 Å². The fourth-order valence-corrected chi connectivity index (χ4v) is 3.73. The Balaban J connectivity index is 0.00000243. The molecular weight excluding hydrogens is 481 g/mol. The highest BCUT2D eigenvalue weighted by molar-refractivity contribution is 14.0. The molecule has 0 atom stereocenters. The molecule has 9 heteroatoms. The number of nitrogens with one attached hydrogen (secondary N) is 2. The van der Waals surface area contributed by atoms with E-state index >= 15 is 0 Å². The van der Waals surface area contributed by atoms with E-state index in [-0.39, 0.29) is 24.0 Å². The van der Waals surface area contributed by atoms with Crippen molar-refractivity contribution in [3.63, 3.8) is 0 Å². The Morgan fingerprint density at radius 2 is 2.23 bits per heavy atom. The van der Waals surface area contributed by atoms with Gasteiger partial charge in [0.1, 0.15) is 6.26 Å². The van der Waals surface area contributed by atoms with Crippen molar-refractivity contribution in [1.29, 1.82) is 0 Å². The maximum atomic E-state index is 5.52. The smallest absolute Gasteiger partial charge is 0.236 e. The Bertz CT molecular complexity index is 813. The quantitative estimate of drug-likeness (QED) is 0.290. The number of thiazole rings is 1. The Morgan fingerprint density at radius 1 is 1.35 bits per heavy atom. The third-order valence-electron chi connectivity index (χ3n) is 3.53. The molecule has 0 fully saturated rings. The molecule has 3 rings (SSSR count). The lowest BCUT2D eigenvalue weighted by Crippen LogP contribution is -2.37. The number of hydrogen-bond acceptors (Lipinski definition) is 6. The summed E-state index contributed by atoms with van der Waals surface area (Å²) >= 11 is 3.38. The molecule has 0 spiro atoms. The van der Waals surface area contributed by atoms with Gasteiger partial charge in [-0.05, 0) is 17.9 Å². The number of hydrogen-bond donors (Lipinski definition) is 2. The summed E-state index contributed by atoms with van der Waals surface area (Å²) in [4.78, 5) is 15.5. The molecule has 26 heavy (non-hydrogen) atoms. The van der Waals surface area contributed by atoms with Crippen LogP contribution in [-0.4, -0.2) is 29.5 Å². The molecule has 0 saturated carbocycles. The summed E-state index contributed by atoms with van der Waals surface area (Å²) in [5, 5.41) is 9.71. The average molecular weight is 503 g/mol. The highest BCUT2D eigenvalue weighted by atomic mass is 127. The lowest BCUT2D eigenvalue weighted by Gasteiger charge is -2.09. The Kier molecular flexibility index (Phi) is 8.52. The van der Waals surface area contributed by atoms with Crippen molar-refractivity contribution in [3.05, 3.63) is 45.6 Å². The number of nitrogens with zero attached hydrogens (tertiary/aromatic N) is 3. The molecule has 3 aromatic heterocycles. The van der Waals surface area contributed by atoms with Crippen LogP contribution in [0.1, 0.15) is 22.5 Å². The highest BCUT2D eigenvalue weighted by Crippen LogP contribution is 2.23. The normalized spacial score (nSPS) is 11.2. The first-order chi connectivity index (χ1) is 12.3. The molecule has 0 aromatic carbocycles. The van der Waals surface area contributed by atoms with Crippen LogP contribution in [0.4, 0.5) is 0 Å². The average Bonchev–Trinajstić information content (AvgIpc) is 3.39. The van der Waals surface area contributed by atoms with Crippen LogP contribution in [0, 0.1) is 0 Å². The molecule has 2 N–H and O–H groups in total. The lowest BCUT2D eigenvalue weighted by atomic mass is 10.4. The van der Waals surface area contributed by atoms with Crippen molar-refractivity contribution in [2.75, 3.05) is 13.6 Å². The summed E-state index contributed by atoms with van der Waals surface area (Å²) in [5.41, 5.74) is 0.846. The van der Waals surface area contributed by atoms with Crippen LogP contribution in [0.3, 0.4) is 0 Å². The summed E-state index contributed by atoms with van der Waals surface area (Å²) in [5.74, 6) is 1.40. The van der Waals surface area contributed by atoms with Gasteiger partial charge in [0.15, 0.2) is 5.96 Å². The number of aliphatic imine (C=N–C) groups is 1. The van der Waals surface area contributed by atoms with Crippen LogP contribution in [0.25, 0.3) is 10.8 Å². The largest absolute Gasteiger partial charge is 0.443 e. The van der Waals surface area contributed by atoms with Gasteiger partial charge in [-0.3, -0.25) is 4.99 Å². The predicted octanol–water partition coefficient (Wildman–Crippen LogP) is 3.95. The van der Waals surface area contributed by atoms with Crippen molar-refractivity contribution >= 4 is 52.6 Å². The maximum absolute atomic E-state index is 5.52. The first-order valence-corrected chi connectivity index (χ1v) is 9.84. The molecule has 0 bridgehead atoms. The first-order valence-electron chi connectivity index (χ1n) is 8.15. The van der Waals surface area contributed by atoms with E-state index in [1.807, 2.05) is 23.7 Å². The molecule has 3 heterocycles. The standard InChI is InChI=1S/C17H21N5OS2.HI/c1-3-13-10-20-15(25-13)6-7-19-17(18-2)21-9-12-11-23-16(22-12)14-5-4-8-24-14;/h4-5,8,10-11H,3,6-7,9H2,1-2H3,(H2,18,19,21);1H. The summed E-state index contributed by atoms with van der Waals surface area (Å²) in [6.07, 6.45) is 5.57. The molecule has 0 unspecified atom stereocenters. The number of thiophene rings is 1. The summed E-state index contributed by atoms with van der Waals surface area (Å²) in [7, 11) is 1.76. The fourth-order valence-electron chi connectivity index (χ4n) is 2.21. The molecular formula is C17H22IN5OS2. The van der Waals surface area contributed by atoms with Crippen molar-refractivity contribution < 1.29 is 4.42 Å². The van der Waals surface area contributed by atoms with Crippen molar-refractivity contribution in [2.24, 2.45) is 4.99 Å². The molecule has 140 valence electrons. The van der Waals surface area contributed by atoms with Crippen LogP contribution in [0.5, 0.6) is 0 Å². The van der Waals surface area contributed by atoms with Gasteiger partial charge in [0.2, 0.25) is 5.89 Å². The van der Waals surface area contributed by atoms with Gasteiger partial charge in [-0.1, -0.05) is 13.0 Å². The van der Waals surface area contributed by atoms with Crippen LogP contribution >= 0.6 is 46.7 Å². The van der Waals surface area contributed by atoms with Crippen molar-refractivity contribution in [1.82, 2.24) is 20.6 Å². The minimum absolute atomic E-state index is 0. The van der Waals surface area contributed by atoms with E-state index in [0.29, 0.717) is 12.4 Å². The third-order valence-corrected chi connectivity index (χ3v) is 5.58. The zero-order valence-corrected chi connectivity index (χ0v) is 18.7. The molecule has 0 radical (unpaired) electrons. The van der Waals surface area contributed by atoms with Crippen LogP contribution in [-0.2, 0) is 19.4 Å². The molecule has 3 aromatic rings. The van der Waals surface area contributed by atoms with E-state index in [4.69, 9.17) is 4.42 Å². The van der Waals surface area contributed by atoms with Gasteiger partial charge in [-0.15, -0.1) is 46.7 Å². The number of aromatic nitrogens is 2. The van der Waals surface area contributed by atoms with E-state index in [1.54, 1.807) is 36.0 Å². The number of rotatable bonds is 7. The summed E-state index contributed by atoms with van der Waals surface area (Å²) in [6, 6.07) is 3.98. The zero-order chi connectivity index (χ0) is 17.5. The zero-order valence-electron chi connectivity index (χ0n) is 14.7. The van der Waals surface area contributed by atoms with Gasteiger partial charge in [0, 0.05) is 31.1 Å². The van der Waals surface area contributed by atoms with E-state index in [9.17, 15) is 0 Å². The van der Waals surface area contributed by atoms with Crippen molar-refractivity contribution in [3.8, 4) is 10.8 Å². The van der Waals surface area contributed by atoms with Crippen molar-refractivity contribution in [2.45, 2.75) is 26.3 Å². The monoisotopic (exact) mass is 503 g/mol. The second kappa shape index (κ2) is 10.6.